The Labute approximate surface area is 142 Å². The van der Waals surface area contributed by atoms with E-state index >= 15 is 0 Å². The van der Waals surface area contributed by atoms with Crippen molar-refractivity contribution in [3.8, 4) is 0 Å². The molecule has 0 saturated carbocycles. The fraction of sp³-hybridized carbons (Fsp3) is 0.444. The predicted molar refractivity (Wildman–Crippen MR) is 90.0 cm³/mol. The zero-order valence-electron chi connectivity index (χ0n) is 13.3. The van der Waals surface area contributed by atoms with E-state index in [-0.39, 0.29) is 12.5 Å². The highest BCUT2D eigenvalue weighted by molar-refractivity contribution is 6.32. The number of hydrogen-bond acceptors (Lipinski definition) is 3. The summed E-state index contributed by atoms with van der Waals surface area (Å²) in [7, 11) is 0. The van der Waals surface area contributed by atoms with Crippen molar-refractivity contribution >= 4 is 23.5 Å². The van der Waals surface area contributed by atoms with Crippen molar-refractivity contribution < 1.29 is 14.3 Å². The molecule has 1 heterocycles. The van der Waals surface area contributed by atoms with Crippen LogP contribution in [0.15, 0.2) is 42.5 Å². The molecule has 1 aromatic carbocycles. The largest absolute Gasteiger partial charge is 0.465 e. The molecule has 0 fully saturated rings. The van der Waals surface area contributed by atoms with Gasteiger partial charge in [-0.3, -0.25) is 9.59 Å². The lowest BCUT2D eigenvalue weighted by Crippen LogP contribution is -2.41. The summed E-state index contributed by atoms with van der Waals surface area (Å²) in [6.07, 6.45) is 5.27. The zero-order chi connectivity index (χ0) is 16.7. The van der Waals surface area contributed by atoms with Gasteiger partial charge < -0.3 is 9.64 Å². The molecule has 0 spiro atoms. The molecule has 4 nitrogen and oxygen atoms in total. The van der Waals surface area contributed by atoms with Crippen molar-refractivity contribution in [2.24, 2.45) is 5.92 Å². The monoisotopic (exact) mass is 335 g/mol. The Kier molecular flexibility index (Phi) is 6.66. The molecular formula is C18H22ClNO3. The number of carbonyl (C=O) groups excluding carboxylic acids is 2. The van der Waals surface area contributed by atoms with Crippen molar-refractivity contribution in [1.29, 1.82) is 0 Å². The van der Waals surface area contributed by atoms with Crippen LogP contribution in [0.3, 0.4) is 0 Å². The highest BCUT2D eigenvalue weighted by Gasteiger charge is 2.34. The van der Waals surface area contributed by atoms with Gasteiger partial charge in [-0.05, 0) is 25.3 Å². The van der Waals surface area contributed by atoms with Crippen LogP contribution in [-0.4, -0.2) is 35.3 Å². The highest BCUT2D eigenvalue weighted by Crippen LogP contribution is 2.21. The lowest BCUT2D eigenvalue weighted by atomic mass is 10.0. The number of carbonyl (C=O) groups is 2. The predicted octanol–water partition coefficient (Wildman–Crippen LogP) is 3.15. The van der Waals surface area contributed by atoms with E-state index in [9.17, 15) is 9.59 Å². The van der Waals surface area contributed by atoms with Gasteiger partial charge in [0.2, 0.25) is 5.91 Å². The molecule has 1 amide bonds. The Hall–Kier alpha value is -1.81. The van der Waals surface area contributed by atoms with Crippen LogP contribution in [0.1, 0.15) is 25.3 Å². The topological polar surface area (TPSA) is 46.6 Å². The van der Waals surface area contributed by atoms with Gasteiger partial charge in [0.25, 0.3) is 0 Å². The number of amides is 1. The second-order valence-electron chi connectivity index (χ2n) is 5.50. The SMILES string of the molecule is CCOC(=O)[C@@H]1/C=C/CCCN(Cc2ccccc2)C(=O)[C@H]1Cl. The maximum Gasteiger partial charge on any atom is 0.314 e. The van der Waals surface area contributed by atoms with Crippen LogP contribution >= 0.6 is 11.6 Å². The quantitative estimate of drug-likeness (QED) is 0.482. The summed E-state index contributed by atoms with van der Waals surface area (Å²) in [5.74, 6) is -1.40. The molecule has 2 atom stereocenters. The molecule has 0 bridgehead atoms. The van der Waals surface area contributed by atoms with Crippen molar-refractivity contribution in [3.63, 3.8) is 0 Å². The van der Waals surface area contributed by atoms with Crippen LogP contribution in [0.2, 0.25) is 0 Å². The molecule has 0 saturated heterocycles. The summed E-state index contributed by atoms with van der Waals surface area (Å²) in [5, 5.41) is -0.938. The first-order valence-corrected chi connectivity index (χ1v) is 8.37. The van der Waals surface area contributed by atoms with E-state index in [0.29, 0.717) is 13.1 Å². The van der Waals surface area contributed by atoms with E-state index in [0.717, 1.165) is 18.4 Å². The number of halogens is 1. The van der Waals surface area contributed by atoms with Gasteiger partial charge in [-0.25, -0.2) is 0 Å². The number of esters is 1. The molecule has 5 heteroatoms. The number of allylic oxidation sites excluding steroid dienone is 1. The number of rotatable bonds is 4. The third-order valence-corrected chi connectivity index (χ3v) is 4.24. The Morgan fingerprint density at radius 2 is 2.09 bits per heavy atom. The van der Waals surface area contributed by atoms with Crippen LogP contribution < -0.4 is 0 Å². The lowest BCUT2D eigenvalue weighted by molar-refractivity contribution is -0.149. The molecule has 1 aliphatic heterocycles. The van der Waals surface area contributed by atoms with E-state index < -0.39 is 17.3 Å². The first-order chi connectivity index (χ1) is 11.1. The summed E-state index contributed by atoms with van der Waals surface area (Å²) in [6.45, 7) is 3.13. The van der Waals surface area contributed by atoms with Crippen molar-refractivity contribution in [2.75, 3.05) is 13.2 Å². The number of hydrogen-bond donors (Lipinski definition) is 0. The van der Waals surface area contributed by atoms with Crippen LogP contribution in [0.25, 0.3) is 0 Å². The number of ether oxygens (including phenoxy) is 1. The number of benzene rings is 1. The third kappa shape index (κ3) is 4.83. The number of alkyl halides is 1. The minimum atomic E-state index is -0.938. The molecule has 23 heavy (non-hydrogen) atoms. The molecule has 1 aliphatic rings. The van der Waals surface area contributed by atoms with E-state index in [1.165, 1.54) is 0 Å². The standard InChI is InChI=1S/C18H22ClNO3/c1-2-23-18(22)15-11-7-4-8-12-20(17(21)16(15)19)13-14-9-5-3-6-10-14/h3,5-7,9-11,15-16H,2,4,8,12-13H2,1H3/b11-7+/t15-,16+/m1/s1. The normalized spacial score (nSPS) is 23.6. The smallest absolute Gasteiger partial charge is 0.314 e. The summed E-state index contributed by atoms with van der Waals surface area (Å²) in [4.78, 5) is 26.5. The van der Waals surface area contributed by atoms with Crippen LogP contribution in [0.4, 0.5) is 0 Å². The van der Waals surface area contributed by atoms with Gasteiger partial charge in [0.1, 0.15) is 11.3 Å². The van der Waals surface area contributed by atoms with Crippen molar-refractivity contribution in [1.82, 2.24) is 4.90 Å². The number of nitrogens with zero attached hydrogens (tertiary/aromatic N) is 1. The first kappa shape index (κ1) is 17.5. The summed E-state index contributed by atoms with van der Waals surface area (Å²) >= 11 is 6.33. The van der Waals surface area contributed by atoms with Crippen LogP contribution in [-0.2, 0) is 20.9 Å². The van der Waals surface area contributed by atoms with Gasteiger partial charge in [-0.1, -0.05) is 42.5 Å². The van der Waals surface area contributed by atoms with Crippen molar-refractivity contribution in [3.05, 3.63) is 48.0 Å². The molecule has 0 aromatic heterocycles. The van der Waals surface area contributed by atoms with Gasteiger partial charge in [0.15, 0.2) is 0 Å². The van der Waals surface area contributed by atoms with E-state index in [1.54, 1.807) is 17.9 Å². The van der Waals surface area contributed by atoms with Gasteiger partial charge in [-0.2, -0.15) is 0 Å². The van der Waals surface area contributed by atoms with Gasteiger partial charge in [0, 0.05) is 13.1 Å². The van der Waals surface area contributed by atoms with Gasteiger partial charge in [0.05, 0.1) is 6.61 Å². The third-order valence-electron chi connectivity index (χ3n) is 3.78. The molecule has 2 rings (SSSR count). The minimum Gasteiger partial charge on any atom is -0.465 e. The molecule has 0 unspecified atom stereocenters. The Morgan fingerprint density at radius 3 is 2.78 bits per heavy atom. The fourth-order valence-corrected chi connectivity index (χ4v) is 2.90. The maximum absolute atomic E-state index is 12.7. The maximum atomic E-state index is 12.7. The van der Waals surface area contributed by atoms with E-state index in [2.05, 4.69) is 0 Å². The second-order valence-corrected chi connectivity index (χ2v) is 5.97. The average Bonchev–Trinajstić information content (AvgIpc) is 2.62. The second kappa shape index (κ2) is 8.73. The Balaban J connectivity index is 2.16. The first-order valence-electron chi connectivity index (χ1n) is 7.93. The molecule has 1 aromatic rings. The van der Waals surface area contributed by atoms with E-state index in [4.69, 9.17) is 16.3 Å². The van der Waals surface area contributed by atoms with Crippen molar-refractivity contribution in [2.45, 2.75) is 31.7 Å². The zero-order valence-corrected chi connectivity index (χ0v) is 14.0. The van der Waals surface area contributed by atoms with Crippen LogP contribution in [0.5, 0.6) is 0 Å². The molecule has 0 aliphatic carbocycles. The minimum absolute atomic E-state index is 0.222. The summed E-state index contributed by atoms with van der Waals surface area (Å²) in [6, 6.07) is 9.78. The highest BCUT2D eigenvalue weighted by atomic mass is 35.5. The van der Waals surface area contributed by atoms with Crippen LogP contribution in [0, 0.1) is 5.92 Å². The molecule has 0 N–H and O–H groups in total. The average molecular weight is 336 g/mol. The lowest BCUT2D eigenvalue weighted by Gasteiger charge is -2.26. The Morgan fingerprint density at radius 1 is 1.35 bits per heavy atom. The molecule has 124 valence electrons. The fourth-order valence-electron chi connectivity index (χ4n) is 2.58. The molecule has 0 radical (unpaired) electrons. The molecular weight excluding hydrogens is 314 g/mol. The van der Waals surface area contributed by atoms with Gasteiger partial charge in [-0.15, -0.1) is 11.6 Å². The van der Waals surface area contributed by atoms with Gasteiger partial charge >= 0.3 is 5.97 Å². The van der Waals surface area contributed by atoms with E-state index in [1.807, 2.05) is 36.4 Å². The summed E-state index contributed by atoms with van der Waals surface area (Å²) < 4.78 is 5.05. The Bertz CT molecular complexity index is 559. The summed E-state index contributed by atoms with van der Waals surface area (Å²) in [5.41, 5.74) is 1.05.